The Kier molecular flexibility index (Phi) is 1.98. The second-order valence-corrected chi connectivity index (χ2v) is 4.09. The first-order valence-corrected chi connectivity index (χ1v) is 5.29. The fraction of sp³-hybridized carbons (Fsp3) is 0.600. The lowest BCUT2D eigenvalue weighted by atomic mass is 9.88. The van der Waals surface area contributed by atoms with Crippen LogP contribution in [0, 0.1) is 0 Å². The summed E-state index contributed by atoms with van der Waals surface area (Å²) >= 11 is 0. The predicted molar refractivity (Wildman–Crippen MR) is 52.4 cm³/mol. The highest BCUT2D eigenvalue weighted by molar-refractivity contribution is 5.92. The van der Waals surface area contributed by atoms with Gasteiger partial charge in [0.1, 0.15) is 0 Å². The summed E-state index contributed by atoms with van der Waals surface area (Å²) in [5.41, 5.74) is 0. The normalized spacial score (nSPS) is 29.5. The van der Waals surface area contributed by atoms with Gasteiger partial charge in [0, 0.05) is 18.6 Å². The standard InChI is InChI=1S/C10H13N3O2/c14-10(9-4-11-6-15-9)13-5-7-8(13)2-1-3-12-7/h4,6-8,12H,1-3,5H2. The number of fused-ring (bicyclic) bond motifs is 1. The van der Waals surface area contributed by atoms with Crippen molar-refractivity contribution < 1.29 is 9.21 Å². The highest BCUT2D eigenvalue weighted by Crippen LogP contribution is 2.27. The molecule has 0 aromatic carbocycles. The van der Waals surface area contributed by atoms with Crippen molar-refractivity contribution in [1.82, 2.24) is 15.2 Å². The number of rotatable bonds is 1. The largest absolute Gasteiger partial charge is 0.438 e. The predicted octanol–water partition coefficient (Wildman–Crippen LogP) is 0.251. The molecule has 3 heterocycles. The lowest BCUT2D eigenvalue weighted by molar-refractivity contribution is 0.0148. The minimum atomic E-state index is -0.0301. The molecular weight excluding hydrogens is 194 g/mol. The van der Waals surface area contributed by atoms with Gasteiger partial charge in [-0.3, -0.25) is 4.79 Å². The van der Waals surface area contributed by atoms with Gasteiger partial charge < -0.3 is 14.6 Å². The van der Waals surface area contributed by atoms with Crippen LogP contribution in [0.4, 0.5) is 0 Å². The van der Waals surface area contributed by atoms with E-state index in [-0.39, 0.29) is 5.91 Å². The van der Waals surface area contributed by atoms with Crippen LogP contribution in [0.5, 0.6) is 0 Å². The lowest BCUT2D eigenvalue weighted by Gasteiger charge is -2.50. The van der Waals surface area contributed by atoms with Gasteiger partial charge in [0.05, 0.1) is 6.20 Å². The third-order valence-electron chi connectivity index (χ3n) is 3.25. The molecule has 1 aromatic rings. The second-order valence-electron chi connectivity index (χ2n) is 4.09. The Morgan fingerprint density at radius 2 is 2.60 bits per heavy atom. The number of nitrogens with zero attached hydrogens (tertiary/aromatic N) is 2. The van der Waals surface area contributed by atoms with Gasteiger partial charge in [-0.15, -0.1) is 0 Å². The quantitative estimate of drug-likeness (QED) is 0.717. The summed E-state index contributed by atoms with van der Waals surface area (Å²) in [5.74, 6) is 0.316. The molecule has 2 saturated heterocycles. The zero-order valence-electron chi connectivity index (χ0n) is 8.35. The number of aromatic nitrogens is 1. The van der Waals surface area contributed by atoms with Crippen molar-refractivity contribution in [2.45, 2.75) is 24.9 Å². The van der Waals surface area contributed by atoms with E-state index in [1.54, 1.807) is 0 Å². The summed E-state index contributed by atoms with van der Waals surface area (Å²) in [6.45, 7) is 1.87. The molecule has 3 rings (SSSR count). The molecule has 1 N–H and O–H groups in total. The van der Waals surface area contributed by atoms with E-state index >= 15 is 0 Å². The van der Waals surface area contributed by atoms with Gasteiger partial charge in [-0.05, 0) is 19.4 Å². The van der Waals surface area contributed by atoms with Crippen molar-refractivity contribution in [3.05, 3.63) is 18.4 Å². The van der Waals surface area contributed by atoms with Gasteiger partial charge in [0.2, 0.25) is 5.76 Å². The van der Waals surface area contributed by atoms with E-state index in [2.05, 4.69) is 10.3 Å². The summed E-state index contributed by atoms with van der Waals surface area (Å²) in [6, 6.07) is 0.849. The highest BCUT2D eigenvalue weighted by Gasteiger charge is 2.43. The Hall–Kier alpha value is -1.36. The molecule has 2 aliphatic heterocycles. The molecule has 1 amide bonds. The van der Waals surface area contributed by atoms with Gasteiger partial charge >= 0.3 is 0 Å². The number of hydrogen-bond donors (Lipinski definition) is 1. The van der Waals surface area contributed by atoms with Gasteiger partial charge in [-0.25, -0.2) is 4.98 Å². The Bertz CT molecular complexity index is 363. The topological polar surface area (TPSA) is 58.4 Å². The fourth-order valence-electron chi connectivity index (χ4n) is 2.40. The fourth-order valence-corrected chi connectivity index (χ4v) is 2.40. The molecule has 0 radical (unpaired) electrons. The molecule has 2 unspecified atom stereocenters. The zero-order valence-corrected chi connectivity index (χ0v) is 8.35. The number of oxazole rings is 1. The average molecular weight is 207 g/mol. The molecule has 15 heavy (non-hydrogen) atoms. The number of piperidine rings is 1. The van der Waals surface area contributed by atoms with Crippen molar-refractivity contribution in [1.29, 1.82) is 0 Å². The molecule has 2 fully saturated rings. The van der Waals surface area contributed by atoms with Crippen molar-refractivity contribution in [3.63, 3.8) is 0 Å². The maximum absolute atomic E-state index is 11.9. The lowest BCUT2D eigenvalue weighted by Crippen LogP contribution is -2.69. The van der Waals surface area contributed by atoms with Crippen LogP contribution in [0.15, 0.2) is 17.0 Å². The number of carbonyl (C=O) groups excluding carboxylic acids is 1. The summed E-state index contributed by atoms with van der Waals surface area (Å²) < 4.78 is 5.01. The van der Waals surface area contributed by atoms with Crippen LogP contribution in [0.25, 0.3) is 0 Å². The van der Waals surface area contributed by atoms with Gasteiger partial charge in [-0.2, -0.15) is 0 Å². The van der Waals surface area contributed by atoms with Crippen molar-refractivity contribution in [2.75, 3.05) is 13.1 Å². The maximum Gasteiger partial charge on any atom is 0.291 e. The molecule has 0 saturated carbocycles. The van der Waals surface area contributed by atoms with E-state index in [0.29, 0.717) is 17.8 Å². The number of nitrogens with one attached hydrogen (secondary N) is 1. The van der Waals surface area contributed by atoms with Crippen LogP contribution in [-0.4, -0.2) is 41.0 Å². The first-order chi connectivity index (χ1) is 7.36. The Morgan fingerprint density at radius 3 is 3.33 bits per heavy atom. The van der Waals surface area contributed by atoms with Crippen LogP contribution in [0.2, 0.25) is 0 Å². The third-order valence-corrected chi connectivity index (χ3v) is 3.25. The van der Waals surface area contributed by atoms with Crippen molar-refractivity contribution in [3.8, 4) is 0 Å². The molecule has 1 aromatic heterocycles. The van der Waals surface area contributed by atoms with E-state index < -0.39 is 0 Å². The molecule has 0 aliphatic carbocycles. The van der Waals surface area contributed by atoms with Gasteiger partial charge in [0.25, 0.3) is 5.91 Å². The summed E-state index contributed by atoms with van der Waals surface area (Å²) in [6.07, 6.45) is 5.01. The third kappa shape index (κ3) is 1.34. The molecule has 0 bridgehead atoms. The van der Waals surface area contributed by atoms with Crippen LogP contribution >= 0.6 is 0 Å². The van der Waals surface area contributed by atoms with Gasteiger partial charge in [-0.1, -0.05) is 0 Å². The average Bonchev–Trinajstić information content (AvgIpc) is 2.72. The van der Waals surface area contributed by atoms with Crippen LogP contribution in [0.3, 0.4) is 0 Å². The number of amides is 1. The first kappa shape index (κ1) is 8.91. The minimum absolute atomic E-state index is 0.0301. The van der Waals surface area contributed by atoms with E-state index in [4.69, 9.17) is 4.42 Å². The molecule has 5 heteroatoms. The van der Waals surface area contributed by atoms with Crippen LogP contribution in [-0.2, 0) is 0 Å². The van der Waals surface area contributed by atoms with E-state index in [1.807, 2.05) is 4.90 Å². The van der Waals surface area contributed by atoms with Crippen molar-refractivity contribution in [2.24, 2.45) is 0 Å². The SMILES string of the molecule is O=C(c1cnco1)N1CC2NCCCC21. The first-order valence-electron chi connectivity index (χ1n) is 5.29. The molecule has 80 valence electrons. The maximum atomic E-state index is 11.9. The van der Waals surface area contributed by atoms with E-state index in [9.17, 15) is 4.79 Å². The second kappa shape index (κ2) is 3.34. The van der Waals surface area contributed by atoms with Crippen LogP contribution in [0.1, 0.15) is 23.4 Å². The minimum Gasteiger partial charge on any atom is -0.438 e. The van der Waals surface area contributed by atoms with Gasteiger partial charge in [0.15, 0.2) is 6.39 Å². The Labute approximate surface area is 87.5 Å². The van der Waals surface area contributed by atoms with Crippen LogP contribution < -0.4 is 5.32 Å². The van der Waals surface area contributed by atoms with Crippen molar-refractivity contribution >= 4 is 5.91 Å². The highest BCUT2D eigenvalue weighted by atomic mass is 16.3. The monoisotopic (exact) mass is 207 g/mol. The molecule has 5 nitrogen and oxygen atoms in total. The van der Waals surface area contributed by atoms with E-state index in [0.717, 1.165) is 25.9 Å². The zero-order chi connectivity index (χ0) is 10.3. The molecule has 2 atom stereocenters. The smallest absolute Gasteiger partial charge is 0.291 e. The summed E-state index contributed by atoms with van der Waals surface area (Å²) in [5, 5.41) is 3.41. The van der Waals surface area contributed by atoms with E-state index in [1.165, 1.54) is 12.6 Å². The number of carbonyl (C=O) groups is 1. The Morgan fingerprint density at radius 1 is 1.67 bits per heavy atom. The summed E-state index contributed by atoms with van der Waals surface area (Å²) in [4.78, 5) is 17.5. The Balaban J connectivity index is 1.72. The molecular formula is C10H13N3O2. The summed E-state index contributed by atoms with van der Waals surface area (Å²) in [7, 11) is 0. The number of likely N-dealkylation sites (tertiary alicyclic amines) is 1. The number of hydrogen-bond acceptors (Lipinski definition) is 4. The molecule has 2 aliphatic rings. The molecule has 0 spiro atoms.